The number of hydrogen-bond donors (Lipinski definition) is 3. The molecule has 2 aromatic carbocycles. The van der Waals surface area contributed by atoms with Crippen LogP contribution in [0.4, 0.5) is 16.2 Å². The Morgan fingerprint density at radius 1 is 0.963 bits per heavy atom. The summed E-state index contributed by atoms with van der Waals surface area (Å²) in [6.07, 6.45) is 1.67. The summed E-state index contributed by atoms with van der Waals surface area (Å²) in [6.45, 7) is 3.93. The van der Waals surface area contributed by atoms with Crippen LogP contribution in [0.1, 0.15) is 18.4 Å². The minimum absolute atomic E-state index is 0.00229. The van der Waals surface area contributed by atoms with E-state index in [9.17, 15) is 9.59 Å². The first kappa shape index (κ1) is 18.9. The van der Waals surface area contributed by atoms with Crippen molar-refractivity contribution in [2.75, 3.05) is 30.3 Å². The molecule has 0 unspecified atom stereocenters. The Balaban J connectivity index is 1.39. The van der Waals surface area contributed by atoms with Gasteiger partial charge >= 0.3 is 6.03 Å². The molecule has 0 saturated carbocycles. The molecule has 2 aromatic rings. The van der Waals surface area contributed by atoms with Gasteiger partial charge in [-0.2, -0.15) is 0 Å². The molecule has 6 nitrogen and oxygen atoms in total. The van der Waals surface area contributed by atoms with Crippen molar-refractivity contribution >= 4 is 23.3 Å². The first-order valence-electron chi connectivity index (χ1n) is 9.30. The number of likely N-dealkylation sites (tertiary alicyclic amines) is 1. The average molecular weight is 366 g/mol. The summed E-state index contributed by atoms with van der Waals surface area (Å²) in [4.78, 5) is 26.5. The van der Waals surface area contributed by atoms with Crippen molar-refractivity contribution in [3.8, 4) is 0 Å². The Labute approximate surface area is 159 Å². The van der Waals surface area contributed by atoms with Crippen molar-refractivity contribution in [3.63, 3.8) is 0 Å². The Morgan fingerprint density at radius 2 is 1.63 bits per heavy atom. The normalized spacial score (nSPS) is 15.1. The molecule has 3 rings (SSSR count). The largest absolute Gasteiger partial charge is 0.335 e. The first-order chi connectivity index (χ1) is 13.1. The Hall–Kier alpha value is -2.86. The van der Waals surface area contributed by atoms with Gasteiger partial charge in [-0.25, -0.2) is 4.79 Å². The fraction of sp³-hybridized carbons (Fsp3) is 0.333. The Bertz CT molecular complexity index is 771. The van der Waals surface area contributed by atoms with Crippen molar-refractivity contribution in [1.29, 1.82) is 0 Å². The highest BCUT2D eigenvalue weighted by Gasteiger charge is 2.22. The molecule has 1 aliphatic rings. The van der Waals surface area contributed by atoms with Crippen molar-refractivity contribution in [1.82, 2.24) is 10.2 Å². The van der Waals surface area contributed by atoms with Crippen LogP contribution >= 0.6 is 0 Å². The molecule has 3 N–H and O–H groups in total. The summed E-state index contributed by atoms with van der Waals surface area (Å²) in [6, 6.07) is 17.1. The van der Waals surface area contributed by atoms with Gasteiger partial charge in [0.15, 0.2) is 0 Å². The summed E-state index contributed by atoms with van der Waals surface area (Å²) in [5, 5.41) is 8.82. The fourth-order valence-electron chi connectivity index (χ4n) is 3.22. The zero-order valence-corrected chi connectivity index (χ0v) is 15.6. The van der Waals surface area contributed by atoms with Gasteiger partial charge in [-0.15, -0.1) is 0 Å². The number of nitrogens with zero attached hydrogens (tertiary/aromatic N) is 1. The van der Waals surface area contributed by atoms with Crippen LogP contribution in [0.5, 0.6) is 0 Å². The maximum Gasteiger partial charge on any atom is 0.319 e. The highest BCUT2D eigenvalue weighted by Crippen LogP contribution is 2.14. The molecular weight excluding hydrogens is 340 g/mol. The number of carbonyl (C=O) groups is 2. The minimum Gasteiger partial charge on any atom is -0.335 e. The number of urea groups is 1. The molecule has 1 fully saturated rings. The molecule has 27 heavy (non-hydrogen) atoms. The van der Waals surface area contributed by atoms with Gasteiger partial charge < -0.3 is 16.0 Å². The molecule has 1 heterocycles. The van der Waals surface area contributed by atoms with Gasteiger partial charge in [-0.1, -0.05) is 36.4 Å². The van der Waals surface area contributed by atoms with Crippen molar-refractivity contribution in [2.45, 2.75) is 25.8 Å². The summed E-state index contributed by atoms with van der Waals surface area (Å²) < 4.78 is 0. The number of anilines is 2. The number of nitrogens with one attached hydrogen (secondary N) is 3. The number of carbonyl (C=O) groups excluding carboxylic acids is 2. The number of aryl methyl sites for hydroxylation is 1. The molecule has 0 spiro atoms. The van der Waals surface area contributed by atoms with Gasteiger partial charge in [-0.3, -0.25) is 9.69 Å². The smallest absolute Gasteiger partial charge is 0.319 e. The van der Waals surface area contributed by atoms with Gasteiger partial charge in [0.1, 0.15) is 0 Å². The van der Waals surface area contributed by atoms with E-state index in [-0.39, 0.29) is 18.0 Å². The van der Waals surface area contributed by atoms with E-state index in [1.165, 1.54) is 0 Å². The van der Waals surface area contributed by atoms with Gasteiger partial charge in [-0.05, 0) is 43.5 Å². The SMILES string of the molecule is Cc1ccccc1NC(=O)CN1CCC(NC(=O)Nc2ccccc2)CC1. The van der Waals surface area contributed by atoms with Gasteiger partial charge in [0.25, 0.3) is 0 Å². The highest BCUT2D eigenvalue weighted by atomic mass is 16.2. The molecule has 1 saturated heterocycles. The lowest BCUT2D eigenvalue weighted by atomic mass is 10.1. The summed E-state index contributed by atoms with van der Waals surface area (Å²) in [5.41, 5.74) is 2.69. The van der Waals surface area contributed by atoms with E-state index in [0.717, 1.165) is 42.9 Å². The van der Waals surface area contributed by atoms with Crippen LogP contribution in [0, 0.1) is 6.92 Å². The van der Waals surface area contributed by atoms with E-state index in [1.807, 2.05) is 61.5 Å². The topological polar surface area (TPSA) is 73.5 Å². The fourth-order valence-corrected chi connectivity index (χ4v) is 3.22. The predicted molar refractivity (Wildman–Crippen MR) is 108 cm³/mol. The van der Waals surface area contributed by atoms with Crippen LogP contribution < -0.4 is 16.0 Å². The maximum atomic E-state index is 12.3. The van der Waals surface area contributed by atoms with E-state index >= 15 is 0 Å². The molecule has 3 amide bonds. The minimum atomic E-state index is -0.183. The number of benzene rings is 2. The van der Waals surface area contributed by atoms with Crippen LogP contribution in [-0.2, 0) is 4.79 Å². The van der Waals surface area contributed by atoms with Crippen molar-refractivity contribution in [2.24, 2.45) is 0 Å². The van der Waals surface area contributed by atoms with Gasteiger partial charge in [0.05, 0.1) is 6.54 Å². The molecule has 0 atom stereocenters. The predicted octanol–water partition coefficient (Wildman–Crippen LogP) is 3.22. The van der Waals surface area contributed by atoms with Gasteiger partial charge in [0.2, 0.25) is 5.91 Å². The summed E-state index contributed by atoms with van der Waals surface area (Å²) in [5.74, 6) is -0.00229. The number of rotatable bonds is 5. The molecule has 0 radical (unpaired) electrons. The lowest BCUT2D eigenvalue weighted by Crippen LogP contribution is -2.47. The van der Waals surface area contributed by atoms with Crippen LogP contribution in [0.3, 0.4) is 0 Å². The maximum absolute atomic E-state index is 12.3. The second kappa shape index (κ2) is 9.19. The number of hydrogen-bond acceptors (Lipinski definition) is 3. The van der Waals surface area contributed by atoms with E-state index in [2.05, 4.69) is 20.9 Å². The van der Waals surface area contributed by atoms with Gasteiger partial charge in [0, 0.05) is 30.5 Å². The van der Waals surface area contributed by atoms with Crippen molar-refractivity contribution < 1.29 is 9.59 Å². The lowest BCUT2D eigenvalue weighted by Gasteiger charge is -2.31. The number of para-hydroxylation sites is 2. The summed E-state index contributed by atoms with van der Waals surface area (Å²) >= 11 is 0. The zero-order valence-electron chi connectivity index (χ0n) is 15.6. The second-order valence-electron chi connectivity index (χ2n) is 6.88. The molecule has 6 heteroatoms. The standard InChI is InChI=1S/C21H26N4O2/c1-16-7-5-6-10-19(16)24-20(26)15-25-13-11-18(12-14-25)23-21(27)22-17-8-3-2-4-9-17/h2-10,18H,11-15H2,1H3,(H,24,26)(H2,22,23,27). The molecule has 0 aromatic heterocycles. The molecule has 0 bridgehead atoms. The monoisotopic (exact) mass is 366 g/mol. The molecule has 1 aliphatic heterocycles. The van der Waals surface area contributed by atoms with Crippen molar-refractivity contribution in [3.05, 3.63) is 60.2 Å². The molecule has 0 aliphatic carbocycles. The quantitative estimate of drug-likeness (QED) is 0.761. The molecular formula is C21H26N4O2. The van der Waals surface area contributed by atoms with E-state index < -0.39 is 0 Å². The average Bonchev–Trinajstić information content (AvgIpc) is 2.66. The van der Waals surface area contributed by atoms with Crippen LogP contribution in [0.2, 0.25) is 0 Å². The third-order valence-corrected chi connectivity index (χ3v) is 4.74. The van der Waals surface area contributed by atoms with E-state index in [4.69, 9.17) is 0 Å². The highest BCUT2D eigenvalue weighted by molar-refractivity contribution is 5.93. The third kappa shape index (κ3) is 5.82. The summed E-state index contributed by atoms with van der Waals surface area (Å²) in [7, 11) is 0. The van der Waals surface area contributed by atoms with Crippen LogP contribution in [0.15, 0.2) is 54.6 Å². The number of piperidine rings is 1. The van der Waals surface area contributed by atoms with Crippen LogP contribution in [-0.4, -0.2) is 42.5 Å². The van der Waals surface area contributed by atoms with Crippen LogP contribution in [0.25, 0.3) is 0 Å². The first-order valence-corrected chi connectivity index (χ1v) is 9.30. The second-order valence-corrected chi connectivity index (χ2v) is 6.88. The Kier molecular flexibility index (Phi) is 6.44. The zero-order chi connectivity index (χ0) is 19.1. The number of amides is 3. The van der Waals surface area contributed by atoms with E-state index in [0.29, 0.717) is 6.54 Å². The molecule has 142 valence electrons. The third-order valence-electron chi connectivity index (χ3n) is 4.74. The Morgan fingerprint density at radius 3 is 2.33 bits per heavy atom. The van der Waals surface area contributed by atoms with E-state index in [1.54, 1.807) is 0 Å². The lowest BCUT2D eigenvalue weighted by molar-refractivity contribution is -0.117.